The Morgan fingerprint density at radius 3 is 2.33 bits per heavy atom. The predicted molar refractivity (Wildman–Crippen MR) is 70.5 cm³/mol. The second-order valence-corrected chi connectivity index (χ2v) is 6.01. The van der Waals surface area contributed by atoms with Gasteiger partial charge < -0.3 is 4.74 Å². The molecule has 0 spiro atoms. The van der Waals surface area contributed by atoms with Gasteiger partial charge in [-0.25, -0.2) is 4.39 Å². The zero-order valence-electron chi connectivity index (χ0n) is 10.5. The Kier molecular flexibility index (Phi) is 3.23. The molecule has 2 fully saturated rings. The van der Waals surface area contributed by atoms with E-state index in [2.05, 4.69) is 0 Å². The lowest BCUT2D eigenvalue weighted by Crippen LogP contribution is -2.14. The molecule has 2 aliphatic carbocycles. The summed E-state index contributed by atoms with van der Waals surface area (Å²) >= 11 is 6.65. The van der Waals surface area contributed by atoms with Gasteiger partial charge in [-0.05, 0) is 61.6 Å². The predicted octanol–water partition coefficient (Wildman–Crippen LogP) is 4.55. The molecular formula is C15H18ClFO. The first-order valence-electron chi connectivity index (χ1n) is 6.68. The van der Waals surface area contributed by atoms with Gasteiger partial charge in [0.15, 0.2) is 0 Å². The number of hydrogen-bond donors (Lipinski definition) is 0. The highest BCUT2D eigenvalue weighted by Gasteiger charge is 2.45. The molecular weight excluding hydrogens is 251 g/mol. The van der Waals surface area contributed by atoms with E-state index in [9.17, 15) is 4.39 Å². The molecule has 98 valence electrons. The molecule has 3 rings (SSSR count). The Morgan fingerprint density at radius 2 is 1.83 bits per heavy atom. The van der Waals surface area contributed by atoms with Crippen LogP contribution in [-0.4, -0.2) is 7.11 Å². The van der Waals surface area contributed by atoms with Crippen molar-refractivity contribution in [1.82, 2.24) is 0 Å². The summed E-state index contributed by atoms with van der Waals surface area (Å²) in [4.78, 5) is 0. The third-order valence-corrected chi connectivity index (χ3v) is 4.69. The van der Waals surface area contributed by atoms with Crippen LogP contribution < -0.4 is 4.74 Å². The van der Waals surface area contributed by atoms with E-state index in [4.69, 9.17) is 16.3 Å². The van der Waals surface area contributed by atoms with Gasteiger partial charge in [-0.2, -0.15) is 0 Å². The van der Waals surface area contributed by atoms with Gasteiger partial charge >= 0.3 is 0 Å². The van der Waals surface area contributed by atoms with E-state index in [0.717, 1.165) is 17.4 Å². The summed E-state index contributed by atoms with van der Waals surface area (Å²) < 4.78 is 18.7. The van der Waals surface area contributed by atoms with Crippen molar-refractivity contribution in [2.24, 2.45) is 17.8 Å². The van der Waals surface area contributed by atoms with Crippen LogP contribution in [0.15, 0.2) is 18.2 Å². The van der Waals surface area contributed by atoms with E-state index in [1.165, 1.54) is 37.8 Å². The fourth-order valence-electron chi connectivity index (χ4n) is 2.95. The molecule has 0 aliphatic heterocycles. The van der Waals surface area contributed by atoms with E-state index in [-0.39, 0.29) is 11.2 Å². The molecule has 1 aromatic carbocycles. The van der Waals surface area contributed by atoms with Crippen LogP contribution in [0.1, 0.15) is 36.6 Å². The lowest BCUT2D eigenvalue weighted by atomic mass is 9.89. The summed E-state index contributed by atoms with van der Waals surface area (Å²) in [5.74, 6) is 2.47. The fraction of sp³-hybridized carbons (Fsp3) is 0.600. The molecule has 1 unspecified atom stereocenters. The van der Waals surface area contributed by atoms with Crippen molar-refractivity contribution < 1.29 is 9.13 Å². The van der Waals surface area contributed by atoms with Gasteiger partial charge in [0.05, 0.1) is 12.5 Å². The van der Waals surface area contributed by atoms with Crippen molar-refractivity contribution in [2.45, 2.75) is 31.1 Å². The maximum Gasteiger partial charge on any atom is 0.123 e. The molecule has 18 heavy (non-hydrogen) atoms. The van der Waals surface area contributed by atoms with Gasteiger partial charge in [-0.1, -0.05) is 0 Å². The average Bonchev–Trinajstić information content (AvgIpc) is 3.23. The minimum atomic E-state index is -0.234. The van der Waals surface area contributed by atoms with Crippen molar-refractivity contribution >= 4 is 11.6 Å². The molecule has 0 bridgehead atoms. The van der Waals surface area contributed by atoms with Crippen molar-refractivity contribution in [3.63, 3.8) is 0 Å². The molecule has 2 aliphatic rings. The Labute approximate surface area is 112 Å². The number of halogens is 2. The van der Waals surface area contributed by atoms with E-state index >= 15 is 0 Å². The van der Waals surface area contributed by atoms with E-state index in [0.29, 0.717) is 11.7 Å². The molecule has 2 saturated carbocycles. The van der Waals surface area contributed by atoms with Crippen molar-refractivity contribution in [3.8, 4) is 5.75 Å². The van der Waals surface area contributed by atoms with Crippen molar-refractivity contribution in [2.75, 3.05) is 7.11 Å². The average molecular weight is 269 g/mol. The number of rotatable bonds is 5. The summed E-state index contributed by atoms with van der Waals surface area (Å²) in [5, 5.41) is -0.115. The van der Waals surface area contributed by atoms with Gasteiger partial charge in [0.1, 0.15) is 11.6 Å². The summed E-state index contributed by atoms with van der Waals surface area (Å²) in [6, 6.07) is 4.64. The number of hydrogen-bond acceptors (Lipinski definition) is 1. The SMILES string of the molecule is COc1ccc(F)cc1C(Cl)C(C1CC1)C1CC1. The summed E-state index contributed by atoms with van der Waals surface area (Å²) in [5.41, 5.74) is 0.822. The largest absolute Gasteiger partial charge is 0.496 e. The Morgan fingerprint density at radius 1 is 1.22 bits per heavy atom. The normalized spacial score (nSPS) is 21.1. The number of methoxy groups -OCH3 is 1. The van der Waals surface area contributed by atoms with Gasteiger partial charge in [-0.3, -0.25) is 0 Å². The molecule has 0 saturated heterocycles. The van der Waals surface area contributed by atoms with Crippen LogP contribution in [-0.2, 0) is 0 Å². The second-order valence-electron chi connectivity index (χ2n) is 5.54. The Hall–Kier alpha value is -0.760. The number of ether oxygens (including phenoxy) is 1. The standard InChI is InChI=1S/C15H18ClFO/c1-18-13-7-6-11(17)8-12(13)15(16)14(9-2-3-9)10-4-5-10/h6-10,14-15H,2-5H2,1H3. The highest BCUT2D eigenvalue weighted by molar-refractivity contribution is 6.21. The molecule has 0 amide bonds. The van der Waals surface area contributed by atoms with E-state index < -0.39 is 0 Å². The van der Waals surface area contributed by atoms with Crippen LogP contribution in [0.5, 0.6) is 5.75 Å². The molecule has 0 radical (unpaired) electrons. The number of benzene rings is 1. The van der Waals surface area contributed by atoms with Gasteiger partial charge in [-0.15, -0.1) is 11.6 Å². The molecule has 3 heteroatoms. The third kappa shape index (κ3) is 2.35. The summed E-state index contributed by atoms with van der Waals surface area (Å²) in [6.07, 6.45) is 5.12. The molecule has 0 heterocycles. The molecule has 0 N–H and O–H groups in total. The maximum atomic E-state index is 13.4. The van der Waals surface area contributed by atoms with E-state index in [1.54, 1.807) is 13.2 Å². The Balaban J connectivity index is 1.89. The molecule has 1 nitrogen and oxygen atoms in total. The van der Waals surface area contributed by atoms with Crippen molar-refractivity contribution in [1.29, 1.82) is 0 Å². The van der Waals surface area contributed by atoms with Crippen LogP contribution in [0, 0.1) is 23.6 Å². The summed E-state index contributed by atoms with van der Waals surface area (Å²) in [7, 11) is 1.61. The first-order chi connectivity index (χ1) is 8.70. The second kappa shape index (κ2) is 4.73. The minimum absolute atomic E-state index is 0.115. The molecule has 1 aromatic rings. The van der Waals surface area contributed by atoms with Crippen LogP contribution in [0.2, 0.25) is 0 Å². The van der Waals surface area contributed by atoms with Gasteiger partial charge in [0, 0.05) is 5.56 Å². The van der Waals surface area contributed by atoms with Crippen molar-refractivity contribution in [3.05, 3.63) is 29.6 Å². The smallest absolute Gasteiger partial charge is 0.123 e. The van der Waals surface area contributed by atoms with Crippen LogP contribution in [0.3, 0.4) is 0 Å². The highest BCUT2D eigenvalue weighted by atomic mass is 35.5. The monoisotopic (exact) mass is 268 g/mol. The first kappa shape index (κ1) is 12.3. The van der Waals surface area contributed by atoms with Gasteiger partial charge in [0.2, 0.25) is 0 Å². The zero-order valence-corrected chi connectivity index (χ0v) is 11.3. The van der Waals surface area contributed by atoms with Crippen LogP contribution >= 0.6 is 11.6 Å². The third-order valence-electron chi connectivity index (χ3n) is 4.16. The van der Waals surface area contributed by atoms with Crippen LogP contribution in [0.4, 0.5) is 4.39 Å². The quantitative estimate of drug-likeness (QED) is 0.712. The topological polar surface area (TPSA) is 9.23 Å². The van der Waals surface area contributed by atoms with Crippen LogP contribution in [0.25, 0.3) is 0 Å². The zero-order chi connectivity index (χ0) is 12.7. The molecule has 1 atom stereocenters. The summed E-state index contributed by atoms with van der Waals surface area (Å²) in [6.45, 7) is 0. The van der Waals surface area contributed by atoms with Gasteiger partial charge in [0.25, 0.3) is 0 Å². The fourth-order valence-corrected chi connectivity index (χ4v) is 3.54. The maximum absolute atomic E-state index is 13.4. The first-order valence-corrected chi connectivity index (χ1v) is 7.12. The lowest BCUT2D eigenvalue weighted by Gasteiger charge is -2.23. The minimum Gasteiger partial charge on any atom is -0.496 e. The highest BCUT2D eigenvalue weighted by Crippen LogP contribution is 2.56. The molecule has 0 aromatic heterocycles. The number of alkyl halides is 1. The Bertz CT molecular complexity index is 428. The lowest BCUT2D eigenvalue weighted by molar-refractivity contribution is 0.369. The van der Waals surface area contributed by atoms with E-state index in [1.807, 2.05) is 0 Å².